The van der Waals surface area contributed by atoms with Crippen LogP contribution >= 0.6 is 0 Å². The van der Waals surface area contributed by atoms with E-state index in [1.165, 1.54) is 5.69 Å². The maximum absolute atomic E-state index is 12.1. The van der Waals surface area contributed by atoms with Gasteiger partial charge in [-0.3, -0.25) is 9.48 Å². The third kappa shape index (κ3) is 2.27. The van der Waals surface area contributed by atoms with Crippen LogP contribution < -0.4 is 0 Å². The number of carbonyl (C=O) groups excluding carboxylic acids is 1. The molecule has 0 aromatic carbocycles. The van der Waals surface area contributed by atoms with Crippen LogP contribution in [0.5, 0.6) is 0 Å². The topological polar surface area (TPSA) is 47.4 Å². The molecular formula is C13H21N3O2. The van der Waals surface area contributed by atoms with Gasteiger partial charge in [0.1, 0.15) is 0 Å². The summed E-state index contributed by atoms with van der Waals surface area (Å²) in [4.78, 5) is 14.0. The van der Waals surface area contributed by atoms with Gasteiger partial charge in [-0.2, -0.15) is 5.10 Å². The summed E-state index contributed by atoms with van der Waals surface area (Å²) in [5.41, 5.74) is 2.34. The molecular weight excluding hydrogens is 230 g/mol. The van der Waals surface area contributed by atoms with Gasteiger partial charge in [0.05, 0.1) is 18.5 Å². The molecule has 1 unspecified atom stereocenters. The zero-order chi connectivity index (χ0) is 13.3. The minimum atomic E-state index is 0.0337. The lowest BCUT2D eigenvalue weighted by atomic mass is 9.96. The first-order valence-corrected chi connectivity index (χ1v) is 6.33. The van der Waals surface area contributed by atoms with Crippen LogP contribution in [0.1, 0.15) is 31.0 Å². The van der Waals surface area contributed by atoms with Crippen molar-refractivity contribution in [1.82, 2.24) is 14.7 Å². The quantitative estimate of drug-likeness (QED) is 0.809. The number of rotatable bonds is 3. The van der Waals surface area contributed by atoms with Gasteiger partial charge in [0.2, 0.25) is 5.91 Å². The molecule has 100 valence electrons. The highest BCUT2D eigenvalue weighted by atomic mass is 16.5. The number of fused-ring (bicyclic) bond motifs is 1. The summed E-state index contributed by atoms with van der Waals surface area (Å²) in [6.45, 7) is 5.88. The van der Waals surface area contributed by atoms with Gasteiger partial charge >= 0.3 is 0 Å². The number of aryl methyl sites for hydroxylation is 1. The molecule has 1 aliphatic rings. The highest BCUT2D eigenvalue weighted by Gasteiger charge is 2.31. The smallest absolute Gasteiger partial charge is 0.225 e. The second kappa shape index (κ2) is 5.10. The third-order valence-corrected chi connectivity index (χ3v) is 3.43. The second-order valence-corrected chi connectivity index (χ2v) is 5.20. The van der Waals surface area contributed by atoms with E-state index in [2.05, 4.69) is 5.10 Å². The number of amides is 1. The molecule has 1 aromatic rings. The Morgan fingerprint density at radius 2 is 2.33 bits per heavy atom. The Hall–Kier alpha value is -1.36. The number of nitrogens with zero attached hydrogens (tertiary/aromatic N) is 3. The zero-order valence-corrected chi connectivity index (χ0v) is 11.5. The van der Waals surface area contributed by atoms with E-state index in [0.717, 1.165) is 12.1 Å². The minimum Gasteiger partial charge on any atom is -0.384 e. The van der Waals surface area contributed by atoms with Gasteiger partial charge in [-0.1, -0.05) is 13.8 Å². The lowest BCUT2D eigenvalue weighted by Crippen LogP contribution is -2.41. The summed E-state index contributed by atoms with van der Waals surface area (Å²) in [6, 6.07) is 0. The number of aromatic nitrogens is 2. The van der Waals surface area contributed by atoms with Crippen molar-refractivity contribution < 1.29 is 9.53 Å². The molecule has 5 heteroatoms. The summed E-state index contributed by atoms with van der Waals surface area (Å²) in [7, 11) is 3.64. The van der Waals surface area contributed by atoms with Gasteiger partial charge in [-0.25, -0.2) is 0 Å². The number of hydrogen-bond acceptors (Lipinski definition) is 3. The van der Waals surface area contributed by atoms with Crippen LogP contribution in [-0.4, -0.2) is 40.8 Å². The van der Waals surface area contributed by atoms with Crippen molar-refractivity contribution in [2.75, 3.05) is 20.3 Å². The van der Waals surface area contributed by atoms with E-state index in [-0.39, 0.29) is 17.7 Å². The van der Waals surface area contributed by atoms with Crippen LogP contribution in [0.2, 0.25) is 0 Å². The Morgan fingerprint density at radius 1 is 1.61 bits per heavy atom. The number of hydrogen-bond donors (Lipinski definition) is 0. The van der Waals surface area contributed by atoms with Crippen LogP contribution in [0, 0.1) is 5.92 Å². The molecule has 0 bridgehead atoms. The maximum atomic E-state index is 12.1. The van der Waals surface area contributed by atoms with E-state index >= 15 is 0 Å². The van der Waals surface area contributed by atoms with Crippen molar-refractivity contribution in [1.29, 1.82) is 0 Å². The van der Waals surface area contributed by atoms with Gasteiger partial charge in [0.25, 0.3) is 0 Å². The van der Waals surface area contributed by atoms with Crippen molar-refractivity contribution in [2.45, 2.75) is 26.3 Å². The van der Waals surface area contributed by atoms with Crippen LogP contribution in [0.3, 0.4) is 0 Å². The van der Waals surface area contributed by atoms with E-state index in [1.54, 1.807) is 7.11 Å². The highest BCUT2D eigenvalue weighted by Crippen LogP contribution is 2.28. The minimum absolute atomic E-state index is 0.0337. The molecule has 0 saturated heterocycles. The molecule has 5 nitrogen and oxygen atoms in total. The number of carbonyl (C=O) groups is 1. The van der Waals surface area contributed by atoms with Gasteiger partial charge in [-0.15, -0.1) is 0 Å². The predicted octanol–water partition coefficient (Wildman–Crippen LogP) is 1.15. The molecule has 0 aliphatic carbocycles. The lowest BCUT2D eigenvalue weighted by Gasteiger charge is -2.33. The maximum Gasteiger partial charge on any atom is 0.225 e. The molecule has 1 amide bonds. The largest absolute Gasteiger partial charge is 0.384 e. The van der Waals surface area contributed by atoms with E-state index in [9.17, 15) is 4.79 Å². The number of methoxy groups -OCH3 is 1. The molecule has 1 aliphatic heterocycles. The van der Waals surface area contributed by atoms with Gasteiger partial charge < -0.3 is 9.64 Å². The van der Waals surface area contributed by atoms with Crippen LogP contribution in [-0.2, 0) is 23.1 Å². The molecule has 0 radical (unpaired) electrons. The summed E-state index contributed by atoms with van der Waals surface area (Å²) < 4.78 is 7.17. The molecule has 0 saturated carbocycles. The Labute approximate surface area is 108 Å². The highest BCUT2D eigenvalue weighted by molar-refractivity contribution is 5.78. The van der Waals surface area contributed by atoms with Crippen molar-refractivity contribution >= 4 is 5.91 Å². The molecule has 0 fully saturated rings. The lowest BCUT2D eigenvalue weighted by molar-refractivity contribution is -0.136. The molecule has 2 heterocycles. The SMILES string of the molecule is COCC1CN(C(=O)C(C)C)Cc2cnn(C)c21. The van der Waals surface area contributed by atoms with E-state index in [4.69, 9.17) is 4.74 Å². The predicted molar refractivity (Wildman–Crippen MR) is 68.1 cm³/mol. The molecule has 1 atom stereocenters. The first kappa shape index (κ1) is 13.1. The summed E-state index contributed by atoms with van der Waals surface area (Å²) in [5.74, 6) is 0.450. The van der Waals surface area contributed by atoms with Gasteiger partial charge in [0, 0.05) is 44.6 Å². The normalized spacial score (nSPS) is 19.2. The van der Waals surface area contributed by atoms with E-state index < -0.39 is 0 Å². The molecule has 2 rings (SSSR count). The summed E-state index contributed by atoms with van der Waals surface area (Å²) in [6.07, 6.45) is 1.86. The molecule has 0 spiro atoms. The Balaban J connectivity index is 2.26. The Bertz CT molecular complexity index is 439. The second-order valence-electron chi connectivity index (χ2n) is 5.20. The standard InChI is InChI=1S/C13H21N3O2/c1-9(2)13(17)16-6-10-5-14-15(3)12(10)11(7-16)8-18-4/h5,9,11H,6-8H2,1-4H3. The monoisotopic (exact) mass is 251 g/mol. The average molecular weight is 251 g/mol. The van der Waals surface area contributed by atoms with E-state index in [0.29, 0.717) is 13.2 Å². The zero-order valence-electron chi connectivity index (χ0n) is 11.5. The summed E-state index contributed by atoms with van der Waals surface area (Å²) in [5, 5.41) is 4.29. The van der Waals surface area contributed by atoms with Crippen LogP contribution in [0.4, 0.5) is 0 Å². The molecule has 1 aromatic heterocycles. The fraction of sp³-hybridized carbons (Fsp3) is 0.692. The van der Waals surface area contributed by atoms with Crippen LogP contribution in [0.25, 0.3) is 0 Å². The van der Waals surface area contributed by atoms with Gasteiger partial charge in [0.15, 0.2) is 0 Å². The van der Waals surface area contributed by atoms with Crippen molar-refractivity contribution in [2.24, 2.45) is 13.0 Å². The van der Waals surface area contributed by atoms with E-state index in [1.807, 2.05) is 36.7 Å². The fourth-order valence-corrected chi connectivity index (χ4v) is 2.63. The molecule has 0 N–H and O–H groups in total. The first-order chi connectivity index (χ1) is 8.54. The van der Waals surface area contributed by atoms with Crippen LogP contribution in [0.15, 0.2) is 6.20 Å². The average Bonchev–Trinajstić information content (AvgIpc) is 2.70. The molecule has 18 heavy (non-hydrogen) atoms. The van der Waals surface area contributed by atoms with Crippen molar-refractivity contribution in [3.05, 3.63) is 17.5 Å². The first-order valence-electron chi connectivity index (χ1n) is 6.33. The summed E-state index contributed by atoms with van der Waals surface area (Å²) >= 11 is 0. The number of ether oxygens (including phenoxy) is 1. The van der Waals surface area contributed by atoms with Crippen molar-refractivity contribution in [3.8, 4) is 0 Å². The van der Waals surface area contributed by atoms with Crippen molar-refractivity contribution in [3.63, 3.8) is 0 Å². The Kier molecular flexibility index (Phi) is 3.71. The van der Waals surface area contributed by atoms with Gasteiger partial charge in [-0.05, 0) is 0 Å². The third-order valence-electron chi connectivity index (χ3n) is 3.43. The Morgan fingerprint density at radius 3 is 2.94 bits per heavy atom. The fourth-order valence-electron chi connectivity index (χ4n) is 2.63.